The van der Waals surface area contributed by atoms with Crippen LogP contribution < -0.4 is 5.32 Å². The Hall–Kier alpha value is -2.06. The smallest absolute Gasteiger partial charge is 0.289 e. The van der Waals surface area contributed by atoms with Gasteiger partial charge in [-0.2, -0.15) is 11.8 Å². The molecule has 2 aromatic heterocycles. The van der Waals surface area contributed by atoms with E-state index in [0.717, 1.165) is 11.5 Å². The van der Waals surface area contributed by atoms with E-state index in [0.29, 0.717) is 24.7 Å². The number of carbonyl (C=O) groups excluding carboxylic acids is 1. The molecular weight excluding hydrogens is 328 g/mol. The average Bonchev–Trinajstić information content (AvgIpc) is 3.06. The van der Waals surface area contributed by atoms with Gasteiger partial charge in [0.1, 0.15) is 5.76 Å². The predicted molar refractivity (Wildman–Crippen MR) is 91.9 cm³/mol. The first-order valence-electron chi connectivity index (χ1n) is 7.76. The molecule has 1 aliphatic rings. The Morgan fingerprint density at radius 2 is 2.25 bits per heavy atom. The van der Waals surface area contributed by atoms with Crippen molar-refractivity contribution in [2.24, 2.45) is 0 Å². The van der Waals surface area contributed by atoms with Crippen molar-refractivity contribution in [2.45, 2.75) is 24.3 Å². The van der Waals surface area contributed by atoms with E-state index in [1.54, 1.807) is 41.2 Å². The third-order valence-corrected chi connectivity index (χ3v) is 4.48. The van der Waals surface area contributed by atoms with Gasteiger partial charge in [-0.05, 0) is 30.9 Å². The number of hydrogen-bond acceptors (Lipinski definition) is 7. The highest BCUT2D eigenvalue weighted by atomic mass is 32.2. The van der Waals surface area contributed by atoms with Crippen molar-refractivity contribution >= 4 is 23.6 Å². The van der Waals surface area contributed by atoms with E-state index in [2.05, 4.69) is 15.3 Å². The van der Waals surface area contributed by atoms with Crippen LogP contribution in [0, 0.1) is 0 Å². The van der Waals surface area contributed by atoms with E-state index < -0.39 is 6.10 Å². The van der Waals surface area contributed by atoms with Crippen molar-refractivity contribution in [1.29, 1.82) is 0 Å². The summed E-state index contributed by atoms with van der Waals surface area (Å²) in [4.78, 5) is 22.3. The molecule has 0 aliphatic carbocycles. The maximum absolute atomic E-state index is 12.5. The number of anilines is 1. The highest BCUT2D eigenvalue weighted by Gasteiger charge is 2.32. The molecule has 1 fully saturated rings. The molecule has 2 N–H and O–H groups in total. The van der Waals surface area contributed by atoms with Gasteiger partial charge in [-0.25, -0.2) is 9.97 Å². The first-order valence-corrected chi connectivity index (χ1v) is 9.15. The van der Waals surface area contributed by atoms with Crippen LogP contribution in [0.2, 0.25) is 0 Å². The van der Waals surface area contributed by atoms with Crippen LogP contribution in [0.15, 0.2) is 35.0 Å². The second-order valence-electron chi connectivity index (χ2n) is 5.63. The molecule has 1 saturated heterocycles. The fraction of sp³-hybridized carbons (Fsp3) is 0.438. The highest BCUT2D eigenvalue weighted by molar-refractivity contribution is 7.97. The number of piperidine rings is 1. The standard InChI is InChI=1S/C16H20N4O3S/c1-24-10-11-3-4-14(23-11)15(22)20-8-5-12(13(21)9-20)19-16-17-6-2-7-18-16/h2-4,6-7,12-13,21H,5,8-10H2,1H3,(H,17,18,19)/t12-,13-/m1/s1. The number of aromatic nitrogens is 2. The lowest BCUT2D eigenvalue weighted by molar-refractivity contribution is 0.0401. The second-order valence-corrected chi connectivity index (χ2v) is 6.50. The molecule has 2 atom stereocenters. The first-order chi connectivity index (χ1) is 11.7. The second kappa shape index (κ2) is 7.67. The molecule has 0 aromatic carbocycles. The summed E-state index contributed by atoms with van der Waals surface area (Å²) in [6, 6.07) is 5.07. The van der Waals surface area contributed by atoms with Gasteiger partial charge in [-0.15, -0.1) is 0 Å². The Morgan fingerprint density at radius 1 is 1.46 bits per heavy atom. The maximum Gasteiger partial charge on any atom is 0.289 e. The number of likely N-dealkylation sites (tertiary alicyclic amines) is 1. The van der Waals surface area contributed by atoms with Gasteiger partial charge in [0.05, 0.1) is 17.9 Å². The Kier molecular flexibility index (Phi) is 5.37. The molecule has 1 aliphatic heterocycles. The quantitative estimate of drug-likeness (QED) is 0.848. The van der Waals surface area contributed by atoms with Crippen LogP contribution in [0.25, 0.3) is 0 Å². The van der Waals surface area contributed by atoms with Crippen LogP contribution in [0.1, 0.15) is 22.7 Å². The molecule has 0 radical (unpaired) electrons. The Morgan fingerprint density at radius 3 is 2.96 bits per heavy atom. The highest BCUT2D eigenvalue weighted by Crippen LogP contribution is 2.19. The molecule has 3 heterocycles. The van der Waals surface area contributed by atoms with Crippen LogP contribution in [0.3, 0.4) is 0 Å². The predicted octanol–water partition coefficient (Wildman–Crippen LogP) is 1.62. The molecular formula is C16H20N4O3S. The SMILES string of the molecule is CSCc1ccc(C(=O)N2CC[C@@H](Nc3ncccn3)[C@H](O)C2)o1. The summed E-state index contributed by atoms with van der Waals surface area (Å²) in [6.07, 6.45) is 5.19. The van der Waals surface area contributed by atoms with Crippen LogP contribution in [0.4, 0.5) is 5.95 Å². The van der Waals surface area contributed by atoms with Crippen molar-refractivity contribution in [3.05, 3.63) is 42.1 Å². The number of rotatable bonds is 5. The monoisotopic (exact) mass is 348 g/mol. The Labute approximate surface area is 144 Å². The maximum atomic E-state index is 12.5. The Bertz CT molecular complexity index is 679. The largest absolute Gasteiger partial charge is 0.455 e. The zero-order chi connectivity index (χ0) is 16.9. The van der Waals surface area contributed by atoms with Gasteiger partial charge in [-0.1, -0.05) is 0 Å². The van der Waals surface area contributed by atoms with Gasteiger partial charge in [-0.3, -0.25) is 4.79 Å². The van der Waals surface area contributed by atoms with Gasteiger partial charge >= 0.3 is 0 Å². The van der Waals surface area contributed by atoms with E-state index >= 15 is 0 Å². The summed E-state index contributed by atoms with van der Waals surface area (Å²) in [5, 5.41) is 13.5. The minimum atomic E-state index is -0.688. The minimum absolute atomic E-state index is 0.180. The molecule has 2 aromatic rings. The number of amides is 1. The lowest BCUT2D eigenvalue weighted by Crippen LogP contribution is -2.51. The number of nitrogens with zero attached hydrogens (tertiary/aromatic N) is 3. The van der Waals surface area contributed by atoms with Gasteiger partial charge in [0, 0.05) is 25.5 Å². The van der Waals surface area contributed by atoms with Gasteiger partial charge in [0.15, 0.2) is 5.76 Å². The van der Waals surface area contributed by atoms with Crippen molar-refractivity contribution < 1.29 is 14.3 Å². The molecule has 128 valence electrons. The summed E-state index contributed by atoms with van der Waals surface area (Å²) in [7, 11) is 0. The first kappa shape index (κ1) is 16.8. The zero-order valence-corrected chi connectivity index (χ0v) is 14.2. The average molecular weight is 348 g/mol. The summed E-state index contributed by atoms with van der Waals surface area (Å²) >= 11 is 1.64. The van der Waals surface area contributed by atoms with Crippen LogP contribution in [-0.2, 0) is 5.75 Å². The number of hydrogen-bond donors (Lipinski definition) is 2. The molecule has 3 rings (SSSR count). The van der Waals surface area contributed by atoms with E-state index in [1.165, 1.54) is 0 Å². The molecule has 7 nitrogen and oxygen atoms in total. The van der Waals surface area contributed by atoms with Crippen molar-refractivity contribution in [1.82, 2.24) is 14.9 Å². The fourth-order valence-electron chi connectivity index (χ4n) is 2.69. The lowest BCUT2D eigenvalue weighted by Gasteiger charge is -2.35. The number of furan rings is 1. The number of aliphatic hydroxyl groups excluding tert-OH is 1. The van der Waals surface area contributed by atoms with Gasteiger partial charge in [0.2, 0.25) is 5.95 Å². The molecule has 8 heteroatoms. The van der Waals surface area contributed by atoms with Gasteiger partial charge < -0.3 is 19.7 Å². The van der Waals surface area contributed by atoms with Gasteiger partial charge in [0.25, 0.3) is 5.91 Å². The topological polar surface area (TPSA) is 91.5 Å². The number of aliphatic hydroxyl groups is 1. The summed E-state index contributed by atoms with van der Waals surface area (Å²) in [5.41, 5.74) is 0. The molecule has 24 heavy (non-hydrogen) atoms. The number of thioether (sulfide) groups is 1. The molecule has 0 spiro atoms. The third-order valence-electron chi connectivity index (χ3n) is 3.91. The zero-order valence-electron chi connectivity index (χ0n) is 13.4. The summed E-state index contributed by atoms with van der Waals surface area (Å²) in [6.45, 7) is 0.793. The van der Waals surface area contributed by atoms with Crippen molar-refractivity contribution in [3.63, 3.8) is 0 Å². The van der Waals surface area contributed by atoms with E-state index in [1.807, 2.05) is 12.3 Å². The fourth-order valence-corrected chi connectivity index (χ4v) is 3.13. The van der Waals surface area contributed by atoms with E-state index in [-0.39, 0.29) is 18.5 Å². The van der Waals surface area contributed by atoms with Crippen molar-refractivity contribution in [3.8, 4) is 0 Å². The summed E-state index contributed by atoms with van der Waals surface area (Å²) in [5.74, 6) is 2.14. The van der Waals surface area contributed by atoms with Crippen LogP contribution in [-0.4, -0.2) is 57.4 Å². The minimum Gasteiger partial charge on any atom is -0.455 e. The third kappa shape index (κ3) is 3.88. The van der Waals surface area contributed by atoms with Crippen molar-refractivity contribution in [2.75, 3.05) is 24.7 Å². The number of carbonyl (C=O) groups is 1. The normalized spacial score (nSPS) is 20.8. The Balaban J connectivity index is 1.59. The molecule has 1 amide bonds. The molecule has 0 unspecified atom stereocenters. The lowest BCUT2D eigenvalue weighted by atomic mass is 10.0. The molecule has 0 saturated carbocycles. The number of nitrogens with one attached hydrogen (secondary N) is 1. The van der Waals surface area contributed by atoms with E-state index in [9.17, 15) is 9.90 Å². The van der Waals surface area contributed by atoms with Crippen LogP contribution in [0.5, 0.6) is 0 Å². The number of β-amino-alcohol motifs (C(OH)–C–C–N with tert-alkyl or cyclic N) is 1. The molecule has 0 bridgehead atoms. The summed E-state index contributed by atoms with van der Waals surface area (Å²) < 4.78 is 5.57. The van der Waals surface area contributed by atoms with E-state index in [4.69, 9.17) is 4.42 Å². The van der Waals surface area contributed by atoms with Crippen LogP contribution >= 0.6 is 11.8 Å².